The highest BCUT2D eigenvalue weighted by Gasteiger charge is 2.21. The van der Waals surface area contributed by atoms with Crippen LogP contribution in [0.5, 0.6) is 0 Å². The number of hydrogen-bond acceptors (Lipinski definition) is 4. The maximum atomic E-state index is 11.9. The molecule has 1 aromatic rings. The Morgan fingerprint density at radius 2 is 2.00 bits per heavy atom. The lowest BCUT2D eigenvalue weighted by molar-refractivity contribution is -0.117. The summed E-state index contributed by atoms with van der Waals surface area (Å²) in [5, 5.41) is 2.74. The minimum absolute atomic E-state index is 0.0727. The van der Waals surface area contributed by atoms with E-state index >= 15 is 0 Å². The number of sulfonamides is 1. The van der Waals surface area contributed by atoms with E-state index in [1.54, 1.807) is 24.9 Å². The monoisotopic (exact) mass is 393 g/mol. The van der Waals surface area contributed by atoms with Gasteiger partial charge in [-0.15, -0.1) is 0 Å². The smallest absolute Gasteiger partial charge is 0.243 e. The van der Waals surface area contributed by atoms with Crippen LogP contribution in [0.4, 0.5) is 5.69 Å². The highest BCUT2D eigenvalue weighted by Crippen LogP contribution is 2.21. The predicted octanol–water partition coefficient (Wildman–Crippen LogP) is 1.61. The van der Waals surface area contributed by atoms with E-state index < -0.39 is 10.0 Å². The molecular weight excluding hydrogens is 366 g/mol. The minimum Gasteiger partial charge on any atom is -0.353 e. The van der Waals surface area contributed by atoms with Crippen molar-refractivity contribution in [3.05, 3.63) is 35.9 Å². The second-order valence-corrected chi connectivity index (χ2v) is 8.81. The number of carbonyl (C=O) groups is 2. The molecule has 0 spiro atoms. The topological polar surface area (TPSA) is 86.8 Å². The molecule has 0 aliphatic carbocycles. The van der Waals surface area contributed by atoms with Crippen LogP contribution in [0.15, 0.2) is 30.3 Å². The van der Waals surface area contributed by atoms with Crippen molar-refractivity contribution in [1.82, 2.24) is 9.62 Å². The lowest BCUT2D eigenvalue weighted by Gasteiger charge is -2.15. The van der Waals surface area contributed by atoms with Gasteiger partial charge in [-0.3, -0.25) is 9.59 Å². The molecule has 1 fully saturated rings. The SMILES string of the molecule is CCS(=O)(=O)N(C)CCCNC(=O)/C=C/c1ccc(N2CCCC2=O)cc1. The quantitative estimate of drug-likeness (QED) is 0.510. The summed E-state index contributed by atoms with van der Waals surface area (Å²) in [4.78, 5) is 25.4. The van der Waals surface area contributed by atoms with Crippen molar-refractivity contribution < 1.29 is 18.0 Å². The van der Waals surface area contributed by atoms with Crippen LogP contribution in [0.25, 0.3) is 6.08 Å². The molecule has 148 valence electrons. The van der Waals surface area contributed by atoms with E-state index in [4.69, 9.17) is 0 Å². The van der Waals surface area contributed by atoms with Gasteiger partial charge in [0.05, 0.1) is 5.75 Å². The predicted molar refractivity (Wildman–Crippen MR) is 107 cm³/mol. The molecule has 0 saturated carbocycles. The minimum atomic E-state index is -3.18. The highest BCUT2D eigenvalue weighted by molar-refractivity contribution is 7.89. The van der Waals surface area contributed by atoms with Gasteiger partial charge in [0.1, 0.15) is 0 Å². The van der Waals surface area contributed by atoms with E-state index in [1.165, 1.54) is 10.4 Å². The molecule has 0 bridgehead atoms. The number of carbonyl (C=O) groups excluding carboxylic acids is 2. The summed E-state index contributed by atoms with van der Waals surface area (Å²) in [6, 6.07) is 7.50. The van der Waals surface area contributed by atoms with E-state index in [0.29, 0.717) is 25.9 Å². The average Bonchev–Trinajstić information content (AvgIpc) is 3.09. The van der Waals surface area contributed by atoms with Crippen molar-refractivity contribution in [2.75, 3.05) is 37.3 Å². The third kappa shape index (κ3) is 6.18. The van der Waals surface area contributed by atoms with Gasteiger partial charge < -0.3 is 10.2 Å². The van der Waals surface area contributed by atoms with Crippen molar-refractivity contribution in [1.29, 1.82) is 0 Å². The molecule has 7 nitrogen and oxygen atoms in total. The third-order valence-electron chi connectivity index (χ3n) is 4.49. The standard InChI is InChI=1S/C19H27N3O4S/c1-3-27(25,26)21(2)14-5-13-20-18(23)12-9-16-7-10-17(11-8-16)22-15-4-6-19(22)24/h7-12H,3-6,13-15H2,1-2H3,(H,20,23)/b12-9+. The molecule has 2 amide bonds. The largest absolute Gasteiger partial charge is 0.353 e. The van der Waals surface area contributed by atoms with Gasteiger partial charge in [-0.1, -0.05) is 12.1 Å². The summed E-state index contributed by atoms with van der Waals surface area (Å²) in [6.07, 6.45) is 5.19. The first-order valence-electron chi connectivity index (χ1n) is 9.14. The number of rotatable bonds is 9. The fourth-order valence-corrected chi connectivity index (χ4v) is 3.64. The second-order valence-electron chi connectivity index (χ2n) is 6.44. The van der Waals surface area contributed by atoms with E-state index in [0.717, 1.165) is 24.2 Å². The molecule has 1 saturated heterocycles. The molecule has 8 heteroatoms. The maximum Gasteiger partial charge on any atom is 0.243 e. The number of nitrogens with one attached hydrogen (secondary N) is 1. The van der Waals surface area contributed by atoms with E-state index in [2.05, 4.69) is 5.32 Å². The van der Waals surface area contributed by atoms with Gasteiger partial charge in [-0.25, -0.2) is 12.7 Å². The number of benzene rings is 1. The van der Waals surface area contributed by atoms with Crippen LogP contribution in [0, 0.1) is 0 Å². The van der Waals surface area contributed by atoms with Gasteiger partial charge in [0.2, 0.25) is 21.8 Å². The second kappa shape index (κ2) is 9.66. The zero-order chi connectivity index (χ0) is 19.9. The van der Waals surface area contributed by atoms with E-state index in [1.807, 2.05) is 24.3 Å². The Kier molecular flexibility index (Phi) is 7.55. The Labute approximate surface area is 161 Å². The summed E-state index contributed by atoms with van der Waals surface area (Å²) in [5.41, 5.74) is 1.75. The molecule has 0 atom stereocenters. The van der Waals surface area contributed by atoms with Crippen LogP contribution in [-0.4, -0.2) is 57.0 Å². The molecule has 0 unspecified atom stereocenters. The van der Waals surface area contributed by atoms with Crippen LogP contribution >= 0.6 is 0 Å². The summed E-state index contributed by atoms with van der Waals surface area (Å²) < 4.78 is 24.5. The van der Waals surface area contributed by atoms with Crippen molar-refractivity contribution >= 4 is 33.6 Å². The van der Waals surface area contributed by atoms with E-state index in [-0.39, 0.29) is 17.6 Å². The van der Waals surface area contributed by atoms with Crippen molar-refractivity contribution in [3.63, 3.8) is 0 Å². The summed E-state index contributed by atoms with van der Waals surface area (Å²) in [7, 11) is -1.63. The molecule has 1 N–H and O–H groups in total. The summed E-state index contributed by atoms with van der Waals surface area (Å²) >= 11 is 0. The molecule has 1 aliphatic heterocycles. The van der Waals surface area contributed by atoms with Gasteiger partial charge in [0, 0.05) is 44.9 Å². The summed E-state index contributed by atoms with van der Waals surface area (Å²) in [6.45, 7) is 3.14. The normalized spacial score (nSPS) is 15.1. The zero-order valence-electron chi connectivity index (χ0n) is 15.8. The van der Waals surface area contributed by atoms with E-state index in [9.17, 15) is 18.0 Å². The Hall–Kier alpha value is -2.19. The molecule has 1 aliphatic rings. The van der Waals surface area contributed by atoms with Crippen LogP contribution in [0.3, 0.4) is 0 Å². The Bertz CT molecular complexity index is 788. The Morgan fingerprint density at radius 3 is 2.59 bits per heavy atom. The van der Waals surface area contributed by atoms with Gasteiger partial charge >= 0.3 is 0 Å². The zero-order valence-corrected chi connectivity index (χ0v) is 16.7. The molecule has 2 rings (SSSR count). The first kappa shape index (κ1) is 21.1. The molecule has 0 radical (unpaired) electrons. The van der Waals surface area contributed by atoms with Crippen molar-refractivity contribution in [2.24, 2.45) is 0 Å². The van der Waals surface area contributed by atoms with Gasteiger partial charge in [-0.05, 0) is 43.5 Å². The van der Waals surface area contributed by atoms with Crippen LogP contribution < -0.4 is 10.2 Å². The molecular formula is C19H27N3O4S. The molecule has 1 aromatic carbocycles. The summed E-state index contributed by atoms with van der Waals surface area (Å²) in [5.74, 6) is -0.00612. The van der Waals surface area contributed by atoms with Crippen molar-refractivity contribution in [3.8, 4) is 0 Å². The first-order valence-corrected chi connectivity index (χ1v) is 10.7. The Morgan fingerprint density at radius 1 is 1.30 bits per heavy atom. The Balaban J connectivity index is 1.75. The number of hydrogen-bond donors (Lipinski definition) is 1. The van der Waals surface area contributed by atoms with Crippen LogP contribution in [-0.2, 0) is 19.6 Å². The fourth-order valence-electron chi connectivity index (χ4n) is 2.79. The molecule has 27 heavy (non-hydrogen) atoms. The lowest BCUT2D eigenvalue weighted by atomic mass is 10.2. The van der Waals surface area contributed by atoms with Gasteiger partial charge in [0.15, 0.2) is 0 Å². The average molecular weight is 394 g/mol. The number of anilines is 1. The lowest BCUT2D eigenvalue weighted by Crippen LogP contribution is -2.32. The maximum absolute atomic E-state index is 11.9. The van der Waals surface area contributed by atoms with Gasteiger partial charge in [0.25, 0.3) is 0 Å². The van der Waals surface area contributed by atoms with Crippen LogP contribution in [0.1, 0.15) is 31.7 Å². The molecule has 1 heterocycles. The highest BCUT2D eigenvalue weighted by atomic mass is 32.2. The third-order valence-corrected chi connectivity index (χ3v) is 6.36. The van der Waals surface area contributed by atoms with Gasteiger partial charge in [-0.2, -0.15) is 0 Å². The molecule has 0 aromatic heterocycles. The number of amides is 2. The number of nitrogens with zero attached hydrogens (tertiary/aromatic N) is 2. The first-order chi connectivity index (χ1) is 12.8. The van der Waals surface area contributed by atoms with Crippen LogP contribution in [0.2, 0.25) is 0 Å². The fraction of sp³-hybridized carbons (Fsp3) is 0.474. The van der Waals surface area contributed by atoms with Crippen molar-refractivity contribution in [2.45, 2.75) is 26.2 Å².